The molecule has 0 bridgehead atoms. The van der Waals surface area contributed by atoms with Crippen LogP contribution < -0.4 is 5.32 Å². The van der Waals surface area contributed by atoms with E-state index in [0.717, 1.165) is 24.9 Å². The summed E-state index contributed by atoms with van der Waals surface area (Å²) in [6, 6.07) is 7.17. The number of hydrogen-bond acceptors (Lipinski definition) is 3. The molecule has 2 atom stereocenters. The van der Waals surface area contributed by atoms with Gasteiger partial charge in [-0.25, -0.2) is 0 Å². The quantitative estimate of drug-likeness (QED) is 0.705. The molecule has 1 saturated heterocycles. The molecule has 1 aliphatic rings. The summed E-state index contributed by atoms with van der Waals surface area (Å²) in [6.45, 7) is 2.92. The van der Waals surface area contributed by atoms with E-state index in [1.54, 1.807) is 12.1 Å². The van der Waals surface area contributed by atoms with Crippen molar-refractivity contribution in [2.45, 2.75) is 31.4 Å². The molecule has 1 heterocycles. The number of nitrogens with one attached hydrogen (secondary N) is 1. The SMILES string of the molecule is CC1(c2ccc(O)cc2)CC(O)CCN1.Cl. The molecule has 1 fully saturated rings. The van der Waals surface area contributed by atoms with Crippen molar-refractivity contribution in [3.63, 3.8) is 0 Å². The molecule has 3 N–H and O–H groups in total. The zero-order valence-corrected chi connectivity index (χ0v) is 10.1. The van der Waals surface area contributed by atoms with Gasteiger partial charge < -0.3 is 15.5 Å². The largest absolute Gasteiger partial charge is 0.508 e. The molecule has 90 valence electrons. The molecule has 16 heavy (non-hydrogen) atoms. The molecule has 1 aromatic carbocycles. The molecule has 0 radical (unpaired) electrons. The molecular formula is C12H18ClNO2. The molecule has 0 aromatic heterocycles. The van der Waals surface area contributed by atoms with Gasteiger partial charge in [-0.2, -0.15) is 0 Å². The first-order chi connectivity index (χ1) is 7.10. The van der Waals surface area contributed by atoms with Gasteiger partial charge in [-0.15, -0.1) is 12.4 Å². The predicted molar refractivity (Wildman–Crippen MR) is 66.0 cm³/mol. The molecule has 1 aromatic rings. The number of phenolic OH excluding ortho intramolecular Hbond substituents is 1. The van der Waals surface area contributed by atoms with Gasteiger partial charge in [0.15, 0.2) is 0 Å². The maximum atomic E-state index is 9.67. The summed E-state index contributed by atoms with van der Waals surface area (Å²) in [4.78, 5) is 0. The van der Waals surface area contributed by atoms with Crippen molar-refractivity contribution < 1.29 is 10.2 Å². The first kappa shape index (κ1) is 13.3. The van der Waals surface area contributed by atoms with Crippen molar-refractivity contribution in [2.24, 2.45) is 0 Å². The number of halogens is 1. The third-order valence-corrected chi connectivity index (χ3v) is 3.14. The van der Waals surface area contributed by atoms with E-state index in [-0.39, 0.29) is 29.8 Å². The molecule has 0 amide bonds. The monoisotopic (exact) mass is 243 g/mol. The van der Waals surface area contributed by atoms with Gasteiger partial charge in [0.1, 0.15) is 5.75 Å². The maximum absolute atomic E-state index is 9.67. The van der Waals surface area contributed by atoms with E-state index < -0.39 is 0 Å². The van der Waals surface area contributed by atoms with E-state index in [9.17, 15) is 10.2 Å². The van der Waals surface area contributed by atoms with Crippen LogP contribution in [0.15, 0.2) is 24.3 Å². The average molecular weight is 244 g/mol. The first-order valence-corrected chi connectivity index (χ1v) is 5.33. The van der Waals surface area contributed by atoms with E-state index in [0.29, 0.717) is 0 Å². The summed E-state index contributed by atoms with van der Waals surface area (Å²) in [5.41, 5.74) is 0.935. The lowest BCUT2D eigenvalue weighted by atomic mass is 9.83. The highest BCUT2D eigenvalue weighted by molar-refractivity contribution is 5.85. The van der Waals surface area contributed by atoms with Crippen LogP contribution in [-0.4, -0.2) is 22.9 Å². The molecule has 2 unspecified atom stereocenters. The van der Waals surface area contributed by atoms with Crippen LogP contribution in [0.4, 0.5) is 0 Å². The molecule has 3 nitrogen and oxygen atoms in total. The van der Waals surface area contributed by atoms with E-state index in [4.69, 9.17) is 0 Å². The van der Waals surface area contributed by atoms with E-state index in [2.05, 4.69) is 12.2 Å². The number of aliphatic hydroxyl groups excluding tert-OH is 1. The number of hydrogen-bond donors (Lipinski definition) is 3. The molecule has 1 aliphatic heterocycles. The van der Waals surface area contributed by atoms with Crippen molar-refractivity contribution >= 4 is 12.4 Å². The molecular weight excluding hydrogens is 226 g/mol. The summed E-state index contributed by atoms with van der Waals surface area (Å²) in [5.74, 6) is 0.277. The number of aliphatic hydroxyl groups is 1. The fourth-order valence-electron chi connectivity index (χ4n) is 2.21. The molecule has 4 heteroatoms. The summed E-state index contributed by atoms with van der Waals surface area (Å²) in [5, 5.41) is 22.3. The Morgan fingerprint density at radius 2 is 1.94 bits per heavy atom. The lowest BCUT2D eigenvalue weighted by Crippen LogP contribution is -2.47. The third kappa shape index (κ3) is 2.67. The topological polar surface area (TPSA) is 52.5 Å². The number of phenols is 1. The van der Waals surface area contributed by atoms with Gasteiger partial charge >= 0.3 is 0 Å². The fraction of sp³-hybridized carbons (Fsp3) is 0.500. The summed E-state index contributed by atoms with van der Waals surface area (Å²) in [6.07, 6.45) is 1.30. The summed E-state index contributed by atoms with van der Waals surface area (Å²) in [7, 11) is 0. The van der Waals surface area contributed by atoms with Crippen molar-refractivity contribution in [2.75, 3.05) is 6.54 Å². The smallest absolute Gasteiger partial charge is 0.115 e. The van der Waals surface area contributed by atoms with Crippen LogP contribution in [0.3, 0.4) is 0 Å². The lowest BCUT2D eigenvalue weighted by molar-refractivity contribution is 0.0835. The zero-order chi connectivity index (χ0) is 10.9. The summed E-state index contributed by atoms with van der Waals surface area (Å²) < 4.78 is 0. The van der Waals surface area contributed by atoms with Crippen LogP contribution in [0.25, 0.3) is 0 Å². The van der Waals surface area contributed by atoms with Crippen molar-refractivity contribution in [1.82, 2.24) is 5.32 Å². The van der Waals surface area contributed by atoms with Crippen LogP contribution in [0, 0.1) is 0 Å². The van der Waals surface area contributed by atoms with E-state index in [1.165, 1.54) is 0 Å². The number of rotatable bonds is 1. The second kappa shape index (κ2) is 5.04. The van der Waals surface area contributed by atoms with Gasteiger partial charge in [-0.05, 0) is 44.0 Å². The van der Waals surface area contributed by atoms with Crippen LogP contribution in [0.1, 0.15) is 25.3 Å². The molecule has 2 rings (SSSR count). The Hall–Kier alpha value is -0.770. The Morgan fingerprint density at radius 1 is 1.31 bits per heavy atom. The standard InChI is InChI=1S/C12H17NO2.ClH/c1-12(8-11(15)6-7-13-12)9-2-4-10(14)5-3-9;/h2-5,11,13-15H,6-8H2,1H3;1H. The molecule has 0 spiro atoms. The average Bonchev–Trinajstić information content (AvgIpc) is 2.18. The summed E-state index contributed by atoms with van der Waals surface area (Å²) >= 11 is 0. The Labute approximate surface area is 102 Å². The second-order valence-corrected chi connectivity index (χ2v) is 4.45. The van der Waals surface area contributed by atoms with E-state index >= 15 is 0 Å². The Morgan fingerprint density at radius 3 is 2.50 bits per heavy atom. The van der Waals surface area contributed by atoms with Crippen molar-refractivity contribution in [1.29, 1.82) is 0 Å². The number of aromatic hydroxyl groups is 1. The minimum Gasteiger partial charge on any atom is -0.508 e. The van der Waals surface area contributed by atoms with Crippen LogP contribution in [0.5, 0.6) is 5.75 Å². The van der Waals surface area contributed by atoms with E-state index in [1.807, 2.05) is 12.1 Å². The number of piperidine rings is 1. The highest BCUT2D eigenvalue weighted by atomic mass is 35.5. The highest BCUT2D eigenvalue weighted by Gasteiger charge is 2.32. The second-order valence-electron chi connectivity index (χ2n) is 4.45. The highest BCUT2D eigenvalue weighted by Crippen LogP contribution is 2.30. The predicted octanol–water partition coefficient (Wildman–Crippen LogP) is 1.77. The Bertz CT molecular complexity index is 341. The maximum Gasteiger partial charge on any atom is 0.115 e. The fourth-order valence-corrected chi connectivity index (χ4v) is 2.21. The van der Waals surface area contributed by atoms with Gasteiger partial charge in [0.25, 0.3) is 0 Å². The van der Waals surface area contributed by atoms with Gasteiger partial charge in [0.05, 0.1) is 6.10 Å². The van der Waals surface area contributed by atoms with Crippen LogP contribution >= 0.6 is 12.4 Å². The van der Waals surface area contributed by atoms with Crippen molar-refractivity contribution in [3.8, 4) is 5.75 Å². The number of benzene rings is 1. The Kier molecular flexibility index (Phi) is 4.19. The minimum atomic E-state index is -0.231. The van der Waals surface area contributed by atoms with Crippen LogP contribution in [-0.2, 0) is 5.54 Å². The lowest BCUT2D eigenvalue weighted by Gasteiger charge is -2.38. The van der Waals surface area contributed by atoms with Crippen LogP contribution in [0.2, 0.25) is 0 Å². The Balaban J connectivity index is 0.00000128. The molecule has 0 aliphatic carbocycles. The first-order valence-electron chi connectivity index (χ1n) is 5.33. The third-order valence-electron chi connectivity index (χ3n) is 3.14. The van der Waals surface area contributed by atoms with Gasteiger partial charge in [0.2, 0.25) is 0 Å². The van der Waals surface area contributed by atoms with Crippen molar-refractivity contribution in [3.05, 3.63) is 29.8 Å². The normalized spacial score (nSPS) is 29.5. The molecule has 0 saturated carbocycles. The van der Waals surface area contributed by atoms with Gasteiger partial charge in [-0.3, -0.25) is 0 Å². The van der Waals surface area contributed by atoms with Gasteiger partial charge in [-0.1, -0.05) is 12.1 Å². The van der Waals surface area contributed by atoms with Gasteiger partial charge in [0, 0.05) is 5.54 Å². The zero-order valence-electron chi connectivity index (χ0n) is 9.31. The minimum absolute atomic E-state index is 0.